The molecule has 130 heavy (non-hydrogen) atoms. The monoisotopic (exact) mass is 1660 g/mol. The molecule has 21 aromatic carbocycles. The molecule has 2 aliphatic rings. The molecule has 0 amide bonds. The Kier molecular flexibility index (Phi) is 17.7. The summed E-state index contributed by atoms with van der Waals surface area (Å²) in [4.78, 5) is 4.87. The second kappa shape index (κ2) is 30.2. The number of hydrogen-bond acceptors (Lipinski definition) is 2. The van der Waals surface area contributed by atoms with Gasteiger partial charge < -0.3 is 18.9 Å². The molecule has 0 saturated carbocycles. The van der Waals surface area contributed by atoms with E-state index in [2.05, 4.69) is 508 Å². The van der Waals surface area contributed by atoms with Crippen molar-refractivity contribution in [2.45, 2.75) is 38.5 Å². The fourth-order valence-corrected chi connectivity index (χ4v) is 21.6. The molecule has 2 aliphatic carbocycles. The molecular formula is C126H88N4. The van der Waals surface area contributed by atoms with Gasteiger partial charge in [0.05, 0.1) is 33.4 Å². The first-order valence-electron chi connectivity index (χ1n) is 45.3. The van der Waals surface area contributed by atoms with Crippen LogP contribution in [0.2, 0.25) is 0 Å². The Labute approximate surface area is 757 Å². The first-order valence-corrected chi connectivity index (χ1v) is 45.3. The van der Waals surface area contributed by atoms with Gasteiger partial charge in [-0.05, 0) is 283 Å². The minimum Gasteiger partial charge on any atom is -0.310 e. The van der Waals surface area contributed by atoms with Crippen molar-refractivity contribution in [1.29, 1.82) is 0 Å². The predicted octanol–water partition coefficient (Wildman–Crippen LogP) is 34.6. The van der Waals surface area contributed by atoms with E-state index in [-0.39, 0.29) is 10.8 Å². The second-order valence-electron chi connectivity index (χ2n) is 36.3. The standard InChI is InChI=1S/C126H88N4/c1-125(2)115-33-14-11-30-107(115)109-70-67-103(79-117(109)125)127(99-59-48-84(49-60-99)82-38-42-86(43-39-82)96-57-72-123-113(76-96)111-31-12-15-34-121(111)129(123)119-36-18-24-90-21-7-9-28-105(90)119)101-63-52-88(53-64-101)93-26-17-27-94(74-93)98-56-69-108-110-71-68-104(80-118(110)126(3,4)116(108)78-98)128(102-65-54-89(55-66-102)95-47-46-81-20-5-6-23-92(81)75-95)100-61-50-85(51-62-100)83-40-44-87(45-41-83)97-58-73-124-114(77-97)112-32-13-16-35-122(112)130(124)120-37-19-25-91-22-8-10-29-106(91)120/h5-80H,1-4H3. The molecule has 0 N–H and O–H groups in total. The van der Waals surface area contributed by atoms with Gasteiger partial charge in [-0.25, -0.2) is 0 Å². The van der Waals surface area contributed by atoms with Crippen LogP contribution in [0.4, 0.5) is 34.1 Å². The van der Waals surface area contributed by atoms with Crippen LogP contribution in [0.25, 0.3) is 187 Å². The average molecular weight is 1660 g/mol. The van der Waals surface area contributed by atoms with Crippen LogP contribution in [-0.4, -0.2) is 9.13 Å². The zero-order chi connectivity index (χ0) is 86.5. The van der Waals surface area contributed by atoms with Crippen molar-refractivity contribution >= 4 is 110 Å². The van der Waals surface area contributed by atoms with Crippen LogP contribution in [0.5, 0.6) is 0 Å². The number of rotatable bonds is 15. The van der Waals surface area contributed by atoms with Gasteiger partial charge in [0, 0.05) is 77.3 Å². The molecule has 4 nitrogen and oxygen atoms in total. The third-order valence-corrected chi connectivity index (χ3v) is 28.3. The van der Waals surface area contributed by atoms with Crippen LogP contribution in [-0.2, 0) is 10.8 Å². The van der Waals surface area contributed by atoms with Crippen LogP contribution >= 0.6 is 0 Å². The van der Waals surface area contributed by atoms with Gasteiger partial charge in [0.25, 0.3) is 0 Å². The molecule has 25 rings (SSSR count). The van der Waals surface area contributed by atoms with Crippen LogP contribution < -0.4 is 9.80 Å². The zero-order valence-corrected chi connectivity index (χ0v) is 72.7. The number of fused-ring (bicyclic) bond motifs is 15. The first kappa shape index (κ1) is 76.1. The summed E-state index contributed by atoms with van der Waals surface area (Å²) in [5.74, 6) is 0. The molecule has 612 valence electrons. The first-order chi connectivity index (χ1) is 63.9. The molecule has 0 unspecified atom stereocenters. The van der Waals surface area contributed by atoms with Gasteiger partial charge in [0.1, 0.15) is 0 Å². The average Bonchev–Trinajstić information content (AvgIpc) is 1.57. The Morgan fingerprint density at radius 1 is 0.162 bits per heavy atom. The molecule has 0 spiro atoms. The molecule has 0 aliphatic heterocycles. The maximum Gasteiger partial charge on any atom is 0.0541 e. The van der Waals surface area contributed by atoms with E-state index in [9.17, 15) is 0 Å². The smallest absolute Gasteiger partial charge is 0.0541 e. The maximum atomic E-state index is 2.46. The highest BCUT2D eigenvalue weighted by Crippen LogP contribution is 2.55. The highest BCUT2D eigenvalue weighted by atomic mass is 15.1. The summed E-state index contributed by atoms with van der Waals surface area (Å²) >= 11 is 0. The summed E-state index contributed by atoms with van der Waals surface area (Å²) in [5.41, 5.74) is 40.3. The summed E-state index contributed by atoms with van der Waals surface area (Å²) in [7, 11) is 0. The van der Waals surface area contributed by atoms with E-state index in [0.717, 1.165) is 50.8 Å². The van der Waals surface area contributed by atoms with Crippen molar-refractivity contribution < 1.29 is 0 Å². The summed E-state index contributed by atoms with van der Waals surface area (Å²) in [5, 5.41) is 12.4. The molecule has 2 aromatic heterocycles. The van der Waals surface area contributed by atoms with E-state index in [1.54, 1.807) is 0 Å². The summed E-state index contributed by atoms with van der Waals surface area (Å²) in [6, 6.07) is 172. The number of para-hydroxylation sites is 2. The van der Waals surface area contributed by atoms with Gasteiger partial charge in [-0.15, -0.1) is 0 Å². The number of hydrogen-bond donors (Lipinski definition) is 0. The highest BCUT2D eigenvalue weighted by molar-refractivity contribution is 6.14. The topological polar surface area (TPSA) is 16.3 Å². The van der Waals surface area contributed by atoms with Crippen molar-refractivity contribution in [3.8, 4) is 112 Å². The summed E-state index contributed by atoms with van der Waals surface area (Å²) < 4.78 is 4.87. The number of aromatic nitrogens is 2. The fourth-order valence-electron chi connectivity index (χ4n) is 21.6. The molecule has 4 heteroatoms. The van der Waals surface area contributed by atoms with E-state index >= 15 is 0 Å². The second-order valence-corrected chi connectivity index (χ2v) is 36.3. The van der Waals surface area contributed by atoms with E-state index in [0.29, 0.717) is 0 Å². The predicted molar refractivity (Wildman–Crippen MR) is 550 cm³/mol. The molecule has 0 radical (unpaired) electrons. The Morgan fingerprint density at radius 2 is 0.446 bits per heavy atom. The summed E-state index contributed by atoms with van der Waals surface area (Å²) in [6.45, 7) is 9.56. The molecule has 0 atom stereocenters. The fraction of sp³-hybridized carbons (Fsp3) is 0.0476. The highest BCUT2D eigenvalue weighted by Gasteiger charge is 2.38. The number of anilines is 6. The van der Waals surface area contributed by atoms with Crippen LogP contribution in [0.15, 0.2) is 461 Å². The molecule has 0 saturated heterocycles. The van der Waals surface area contributed by atoms with E-state index in [4.69, 9.17) is 0 Å². The Hall–Kier alpha value is -16.4. The molecule has 2 heterocycles. The van der Waals surface area contributed by atoms with Gasteiger partial charge in [-0.2, -0.15) is 0 Å². The van der Waals surface area contributed by atoms with Crippen LogP contribution in [0.3, 0.4) is 0 Å². The van der Waals surface area contributed by atoms with Gasteiger partial charge in [0.15, 0.2) is 0 Å². The minimum atomic E-state index is -0.313. The maximum absolute atomic E-state index is 2.46. The number of nitrogens with zero attached hydrogens (tertiary/aromatic N) is 4. The van der Waals surface area contributed by atoms with Crippen LogP contribution in [0.1, 0.15) is 49.9 Å². The lowest BCUT2D eigenvalue weighted by Gasteiger charge is -2.28. The van der Waals surface area contributed by atoms with Gasteiger partial charge in [-0.3, -0.25) is 0 Å². The van der Waals surface area contributed by atoms with Gasteiger partial charge in [0.2, 0.25) is 0 Å². The van der Waals surface area contributed by atoms with E-state index in [1.165, 1.54) is 193 Å². The molecule has 0 bridgehead atoms. The Bertz CT molecular complexity index is 8480. The van der Waals surface area contributed by atoms with Crippen molar-refractivity contribution in [3.63, 3.8) is 0 Å². The molecule has 0 fully saturated rings. The van der Waals surface area contributed by atoms with Crippen molar-refractivity contribution in [1.82, 2.24) is 9.13 Å². The lowest BCUT2D eigenvalue weighted by Crippen LogP contribution is -2.16. The SMILES string of the molecule is CC1(C)c2ccccc2-c2ccc(N(c3ccc(-c4ccc(-c5ccc6c(c5)c5ccccc5n6-c5cccc6ccccc56)cc4)cc3)c3ccc(-c4cccc(-c5ccc6c(c5)C(C)(C)c5cc(N(c7ccc(-c8ccc(-c9ccc%10c(c9)c9ccccc9n%10-c9cccc%10ccccc9%10)cc8)cc7)c7ccc(-c8ccc9ccccc9c8)cc7)ccc5-6)c4)cc3)cc21. The lowest BCUT2D eigenvalue weighted by molar-refractivity contribution is 0.660. The van der Waals surface area contributed by atoms with Crippen molar-refractivity contribution in [2.75, 3.05) is 9.80 Å². The van der Waals surface area contributed by atoms with Crippen LogP contribution in [0, 0.1) is 0 Å². The van der Waals surface area contributed by atoms with Crippen molar-refractivity contribution in [2.24, 2.45) is 0 Å². The number of benzene rings is 21. The summed E-state index contributed by atoms with van der Waals surface area (Å²) in [6.07, 6.45) is 0. The van der Waals surface area contributed by atoms with Crippen molar-refractivity contribution in [3.05, 3.63) is 483 Å². The third kappa shape index (κ3) is 12.6. The quantitative estimate of drug-likeness (QED) is 0.102. The normalized spacial score (nSPS) is 12.9. The van der Waals surface area contributed by atoms with Gasteiger partial charge >= 0.3 is 0 Å². The Balaban J connectivity index is 0.501. The largest absolute Gasteiger partial charge is 0.310 e. The zero-order valence-electron chi connectivity index (χ0n) is 72.7. The third-order valence-electron chi connectivity index (χ3n) is 28.3. The minimum absolute atomic E-state index is 0.169. The van der Waals surface area contributed by atoms with Gasteiger partial charge in [-0.1, -0.05) is 349 Å². The van der Waals surface area contributed by atoms with E-state index in [1.807, 2.05) is 0 Å². The molecule has 23 aromatic rings. The lowest BCUT2D eigenvalue weighted by atomic mass is 9.81. The van der Waals surface area contributed by atoms with E-state index < -0.39 is 0 Å². The Morgan fingerprint density at radius 3 is 0.915 bits per heavy atom. The molecular weight excluding hydrogens is 1570 g/mol.